The average molecular weight is 390 g/mol. The van der Waals surface area contributed by atoms with Crippen molar-refractivity contribution in [3.8, 4) is 16.5 Å². The molecule has 0 atom stereocenters. The van der Waals surface area contributed by atoms with Gasteiger partial charge in [0.25, 0.3) is 11.9 Å². The summed E-state index contributed by atoms with van der Waals surface area (Å²) in [7, 11) is 0. The minimum absolute atomic E-state index is 0.207. The molecule has 0 fully saturated rings. The standard InChI is InChI=1S/C20H18N6OS/c1-13-5-3-6-15(24-13)11-22-19(27)16-12-23-26(14(16)2)20-21-9-8-17(25-20)18-7-4-10-28-18/h3-10,12H,11H2,1-2H3,(H,22,27). The minimum atomic E-state index is -0.207. The lowest BCUT2D eigenvalue weighted by Gasteiger charge is -2.07. The Bertz CT molecular complexity index is 1120. The van der Waals surface area contributed by atoms with Crippen LogP contribution >= 0.6 is 11.3 Å². The molecule has 0 spiro atoms. The Balaban J connectivity index is 1.54. The first-order valence-electron chi connectivity index (χ1n) is 8.74. The SMILES string of the molecule is Cc1cccc(CNC(=O)c2cnn(-c3nccc(-c4cccs4)n3)c2C)n1. The van der Waals surface area contributed by atoms with Gasteiger partial charge in [0.2, 0.25) is 0 Å². The van der Waals surface area contributed by atoms with E-state index in [-0.39, 0.29) is 5.91 Å². The van der Waals surface area contributed by atoms with E-state index in [1.54, 1.807) is 22.2 Å². The van der Waals surface area contributed by atoms with Crippen molar-refractivity contribution in [1.82, 2.24) is 30.0 Å². The number of aromatic nitrogens is 5. The lowest BCUT2D eigenvalue weighted by Crippen LogP contribution is -2.24. The molecule has 0 bridgehead atoms. The molecule has 4 heterocycles. The van der Waals surface area contributed by atoms with Gasteiger partial charge in [-0.15, -0.1) is 11.3 Å². The largest absolute Gasteiger partial charge is 0.346 e. The van der Waals surface area contributed by atoms with Gasteiger partial charge in [0.1, 0.15) is 0 Å². The number of amides is 1. The molecule has 1 N–H and O–H groups in total. The summed E-state index contributed by atoms with van der Waals surface area (Å²) in [6.45, 7) is 4.10. The van der Waals surface area contributed by atoms with Crippen LogP contribution in [0, 0.1) is 13.8 Å². The number of carbonyl (C=O) groups is 1. The molecule has 0 saturated carbocycles. The minimum Gasteiger partial charge on any atom is -0.346 e. The number of hydrogen-bond acceptors (Lipinski definition) is 6. The van der Waals surface area contributed by atoms with E-state index in [0.717, 1.165) is 22.0 Å². The third kappa shape index (κ3) is 3.67. The Morgan fingerprint density at radius 3 is 2.82 bits per heavy atom. The highest BCUT2D eigenvalue weighted by molar-refractivity contribution is 7.13. The van der Waals surface area contributed by atoms with Gasteiger partial charge >= 0.3 is 0 Å². The fourth-order valence-electron chi connectivity index (χ4n) is 2.81. The van der Waals surface area contributed by atoms with Gasteiger partial charge in [0.15, 0.2) is 0 Å². The zero-order valence-corrected chi connectivity index (χ0v) is 16.3. The summed E-state index contributed by atoms with van der Waals surface area (Å²) in [4.78, 5) is 26.9. The van der Waals surface area contributed by atoms with Crippen LogP contribution in [0.15, 0.2) is 54.2 Å². The molecular weight excluding hydrogens is 372 g/mol. The maximum atomic E-state index is 12.6. The van der Waals surface area contributed by atoms with Crippen LogP contribution in [0.3, 0.4) is 0 Å². The zero-order valence-electron chi connectivity index (χ0n) is 15.5. The number of aryl methyl sites for hydroxylation is 1. The summed E-state index contributed by atoms with van der Waals surface area (Å²) in [5.74, 6) is 0.226. The van der Waals surface area contributed by atoms with Gasteiger partial charge in [-0.2, -0.15) is 5.10 Å². The highest BCUT2D eigenvalue weighted by atomic mass is 32.1. The zero-order chi connectivity index (χ0) is 19.5. The Hall–Kier alpha value is -3.39. The number of nitrogens with zero attached hydrogens (tertiary/aromatic N) is 5. The topological polar surface area (TPSA) is 85.6 Å². The van der Waals surface area contributed by atoms with E-state index in [2.05, 4.69) is 25.4 Å². The van der Waals surface area contributed by atoms with E-state index < -0.39 is 0 Å². The smallest absolute Gasteiger partial charge is 0.255 e. The number of rotatable bonds is 5. The first-order chi connectivity index (χ1) is 13.6. The molecule has 0 aromatic carbocycles. The van der Waals surface area contributed by atoms with Gasteiger partial charge in [-0.3, -0.25) is 9.78 Å². The van der Waals surface area contributed by atoms with Gasteiger partial charge in [0.05, 0.1) is 40.3 Å². The van der Waals surface area contributed by atoms with Gasteiger partial charge in [-0.25, -0.2) is 14.6 Å². The molecule has 0 radical (unpaired) electrons. The third-order valence-corrected chi connectivity index (χ3v) is 5.13. The van der Waals surface area contributed by atoms with Crippen LogP contribution < -0.4 is 5.32 Å². The fourth-order valence-corrected chi connectivity index (χ4v) is 3.51. The average Bonchev–Trinajstić information content (AvgIpc) is 3.36. The Morgan fingerprint density at radius 2 is 2.04 bits per heavy atom. The summed E-state index contributed by atoms with van der Waals surface area (Å²) in [5.41, 5.74) is 3.71. The van der Waals surface area contributed by atoms with Gasteiger partial charge < -0.3 is 5.32 Å². The Labute approximate surface area is 166 Å². The van der Waals surface area contributed by atoms with Crippen molar-refractivity contribution in [3.63, 3.8) is 0 Å². The van der Waals surface area contributed by atoms with Crippen LogP contribution in [0.1, 0.15) is 27.4 Å². The lowest BCUT2D eigenvalue weighted by atomic mass is 10.2. The number of pyridine rings is 1. The molecule has 140 valence electrons. The molecule has 4 aromatic heterocycles. The summed E-state index contributed by atoms with van der Waals surface area (Å²) in [6, 6.07) is 11.6. The fraction of sp³-hybridized carbons (Fsp3) is 0.150. The first kappa shape index (κ1) is 18.0. The second-order valence-electron chi connectivity index (χ2n) is 6.23. The third-order valence-electron chi connectivity index (χ3n) is 4.24. The van der Waals surface area contributed by atoms with Crippen molar-refractivity contribution >= 4 is 17.2 Å². The Morgan fingerprint density at radius 1 is 1.14 bits per heavy atom. The van der Waals surface area contributed by atoms with E-state index in [1.165, 1.54) is 6.20 Å². The van der Waals surface area contributed by atoms with Crippen molar-refractivity contribution in [3.05, 3.63) is 76.8 Å². The normalized spacial score (nSPS) is 10.8. The van der Waals surface area contributed by atoms with Crippen molar-refractivity contribution < 1.29 is 4.79 Å². The summed E-state index contributed by atoms with van der Waals surface area (Å²) >= 11 is 1.61. The van der Waals surface area contributed by atoms with Crippen LogP contribution in [0.25, 0.3) is 16.5 Å². The monoisotopic (exact) mass is 390 g/mol. The predicted molar refractivity (Wildman–Crippen MR) is 107 cm³/mol. The summed E-state index contributed by atoms with van der Waals surface area (Å²) in [6.07, 6.45) is 3.23. The van der Waals surface area contributed by atoms with E-state index in [1.807, 2.05) is 55.6 Å². The predicted octanol–water partition coefficient (Wildman–Crippen LogP) is 3.33. The van der Waals surface area contributed by atoms with E-state index in [0.29, 0.717) is 23.8 Å². The van der Waals surface area contributed by atoms with Crippen molar-refractivity contribution in [2.24, 2.45) is 0 Å². The molecule has 0 saturated heterocycles. The molecule has 0 aliphatic carbocycles. The number of carbonyl (C=O) groups excluding carboxylic acids is 1. The van der Waals surface area contributed by atoms with Gasteiger partial charge in [0, 0.05) is 11.9 Å². The molecule has 4 rings (SSSR count). The number of thiophene rings is 1. The molecule has 0 aliphatic rings. The van der Waals surface area contributed by atoms with Gasteiger partial charge in [-0.05, 0) is 43.5 Å². The molecule has 7 nitrogen and oxygen atoms in total. The maximum Gasteiger partial charge on any atom is 0.255 e. The highest BCUT2D eigenvalue weighted by Crippen LogP contribution is 2.23. The molecule has 28 heavy (non-hydrogen) atoms. The number of hydrogen-bond donors (Lipinski definition) is 1. The number of nitrogens with one attached hydrogen (secondary N) is 1. The van der Waals surface area contributed by atoms with Gasteiger partial charge in [-0.1, -0.05) is 12.1 Å². The lowest BCUT2D eigenvalue weighted by molar-refractivity contribution is 0.0949. The van der Waals surface area contributed by atoms with Crippen LogP contribution in [-0.2, 0) is 6.54 Å². The quantitative estimate of drug-likeness (QED) is 0.565. The highest BCUT2D eigenvalue weighted by Gasteiger charge is 2.17. The first-order valence-corrected chi connectivity index (χ1v) is 9.62. The molecular formula is C20H18N6OS. The second kappa shape index (κ2) is 7.69. The molecule has 8 heteroatoms. The van der Waals surface area contributed by atoms with Crippen molar-refractivity contribution in [1.29, 1.82) is 0 Å². The Kier molecular flexibility index (Phi) is 4.94. The summed E-state index contributed by atoms with van der Waals surface area (Å²) in [5, 5.41) is 9.21. The van der Waals surface area contributed by atoms with E-state index in [4.69, 9.17) is 0 Å². The molecule has 1 amide bonds. The van der Waals surface area contributed by atoms with Crippen LogP contribution in [0.2, 0.25) is 0 Å². The maximum absolute atomic E-state index is 12.6. The van der Waals surface area contributed by atoms with Crippen LogP contribution in [0.4, 0.5) is 0 Å². The summed E-state index contributed by atoms with van der Waals surface area (Å²) < 4.78 is 1.58. The second-order valence-corrected chi connectivity index (χ2v) is 7.18. The van der Waals surface area contributed by atoms with E-state index in [9.17, 15) is 4.79 Å². The van der Waals surface area contributed by atoms with Crippen molar-refractivity contribution in [2.75, 3.05) is 0 Å². The molecule has 4 aromatic rings. The van der Waals surface area contributed by atoms with Crippen LogP contribution in [0.5, 0.6) is 0 Å². The molecule has 0 unspecified atom stereocenters. The van der Waals surface area contributed by atoms with Crippen molar-refractivity contribution in [2.45, 2.75) is 20.4 Å². The molecule has 0 aliphatic heterocycles. The van der Waals surface area contributed by atoms with E-state index >= 15 is 0 Å². The van der Waals surface area contributed by atoms with Crippen LogP contribution in [-0.4, -0.2) is 30.6 Å².